The minimum Gasteiger partial charge on any atom is -0.261 e. The van der Waals surface area contributed by atoms with Crippen LogP contribution in [0, 0.1) is 4.78 Å². The zero-order valence-electron chi connectivity index (χ0n) is 4.67. The van der Waals surface area contributed by atoms with E-state index in [1.165, 1.54) is 0 Å². The molecule has 0 heterocycles. The highest BCUT2D eigenvalue weighted by atomic mass is 35.7. The van der Waals surface area contributed by atoms with Gasteiger partial charge in [-0.1, -0.05) is 18.2 Å². The van der Waals surface area contributed by atoms with Gasteiger partial charge in [-0.25, -0.2) is 0 Å². The predicted molar refractivity (Wildman–Crippen MR) is 40.6 cm³/mol. The number of hydrogen-bond acceptors (Lipinski definition) is 1. The summed E-state index contributed by atoms with van der Waals surface area (Å²) in [6.07, 6.45) is 0. The van der Waals surface area contributed by atoms with Gasteiger partial charge in [-0.15, -0.1) is 0 Å². The minimum atomic E-state index is -0.857. The molecular formula is C6H6ClNS. The first-order valence-electron chi connectivity index (χ1n) is 2.47. The highest BCUT2D eigenvalue weighted by Crippen LogP contribution is 2.08. The van der Waals surface area contributed by atoms with Gasteiger partial charge in [-0.05, 0) is 22.8 Å². The van der Waals surface area contributed by atoms with Crippen LogP contribution in [-0.2, 0) is 9.90 Å². The van der Waals surface area contributed by atoms with E-state index >= 15 is 0 Å². The van der Waals surface area contributed by atoms with Gasteiger partial charge in [0.1, 0.15) is 0 Å². The van der Waals surface area contributed by atoms with Gasteiger partial charge < -0.3 is 0 Å². The lowest BCUT2D eigenvalue weighted by Crippen LogP contribution is -1.74. The molecule has 0 saturated carbocycles. The third-order valence-electron chi connectivity index (χ3n) is 0.950. The van der Waals surface area contributed by atoms with E-state index in [1.54, 1.807) is 0 Å². The molecule has 1 rings (SSSR count). The van der Waals surface area contributed by atoms with E-state index in [0.717, 1.165) is 4.90 Å². The monoisotopic (exact) mass is 159 g/mol. The lowest BCUT2D eigenvalue weighted by atomic mass is 10.4. The molecular weight excluding hydrogens is 154 g/mol. The molecule has 1 nitrogen and oxygen atoms in total. The van der Waals surface area contributed by atoms with Gasteiger partial charge in [0.15, 0.2) is 0 Å². The van der Waals surface area contributed by atoms with Crippen molar-refractivity contribution in [3.05, 3.63) is 30.3 Å². The Labute approximate surface area is 61.1 Å². The lowest BCUT2D eigenvalue weighted by Gasteiger charge is -1.91. The Morgan fingerprint density at radius 2 is 1.78 bits per heavy atom. The molecule has 0 aromatic heterocycles. The molecule has 0 spiro atoms. The van der Waals surface area contributed by atoms with Crippen LogP contribution in [0.3, 0.4) is 0 Å². The lowest BCUT2D eigenvalue weighted by molar-refractivity contribution is 1.44. The second-order valence-electron chi connectivity index (χ2n) is 1.57. The van der Waals surface area contributed by atoms with Crippen LogP contribution in [0.4, 0.5) is 0 Å². The minimum absolute atomic E-state index is 0.857. The topological polar surface area (TPSA) is 23.9 Å². The molecule has 1 atom stereocenters. The van der Waals surface area contributed by atoms with Crippen molar-refractivity contribution >= 4 is 20.6 Å². The van der Waals surface area contributed by atoms with E-state index in [4.69, 9.17) is 15.5 Å². The summed E-state index contributed by atoms with van der Waals surface area (Å²) in [5, 5.41) is 0. The summed E-state index contributed by atoms with van der Waals surface area (Å²) in [7, 11) is 4.64. The normalized spacial score (nSPS) is 13.0. The summed E-state index contributed by atoms with van der Waals surface area (Å²) in [5.41, 5.74) is 0. The maximum atomic E-state index is 7.11. The van der Waals surface area contributed by atoms with Gasteiger partial charge in [0.2, 0.25) is 0 Å². The Morgan fingerprint density at radius 1 is 1.22 bits per heavy atom. The number of halogens is 1. The van der Waals surface area contributed by atoms with Gasteiger partial charge in [0.05, 0.1) is 0 Å². The van der Waals surface area contributed by atoms with Crippen LogP contribution in [0.25, 0.3) is 0 Å². The van der Waals surface area contributed by atoms with Crippen molar-refractivity contribution in [3.63, 3.8) is 0 Å². The first kappa shape index (κ1) is 6.78. The summed E-state index contributed by atoms with van der Waals surface area (Å²) in [6, 6.07) is 9.37. The van der Waals surface area contributed by atoms with E-state index in [-0.39, 0.29) is 0 Å². The van der Waals surface area contributed by atoms with Gasteiger partial charge >= 0.3 is 0 Å². The summed E-state index contributed by atoms with van der Waals surface area (Å²) in [6.45, 7) is 0. The molecule has 0 aliphatic rings. The van der Waals surface area contributed by atoms with E-state index in [0.29, 0.717) is 0 Å². The zero-order chi connectivity index (χ0) is 6.69. The van der Waals surface area contributed by atoms with Crippen LogP contribution in [0.5, 0.6) is 0 Å². The smallest absolute Gasteiger partial charge is 0.0334 e. The molecule has 1 unspecified atom stereocenters. The Morgan fingerprint density at radius 3 is 2.11 bits per heavy atom. The highest BCUT2D eigenvalue weighted by Gasteiger charge is 1.89. The SMILES string of the molecule is N=S(Cl)c1ccccc1. The molecule has 1 N–H and O–H groups in total. The average Bonchev–Trinajstić information content (AvgIpc) is 1.90. The molecule has 48 valence electrons. The Hall–Kier alpha value is -0.340. The molecule has 0 aliphatic carbocycles. The third kappa shape index (κ3) is 1.80. The fourth-order valence-electron chi connectivity index (χ4n) is 0.540. The van der Waals surface area contributed by atoms with Crippen LogP contribution in [0.15, 0.2) is 35.2 Å². The second kappa shape index (κ2) is 2.99. The molecule has 0 amide bonds. The van der Waals surface area contributed by atoms with E-state index in [1.807, 2.05) is 30.3 Å². The number of nitrogens with one attached hydrogen (secondary N) is 1. The van der Waals surface area contributed by atoms with Crippen molar-refractivity contribution < 1.29 is 0 Å². The summed E-state index contributed by atoms with van der Waals surface area (Å²) in [4.78, 5) is 0.874. The van der Waals surface area contributed by atoms with E-state index < -0.39 is 9.90 Å². The maximum Gasteiger partial charge on any atom is 0.0334 e. The van der Waals surface area contributed by atoms with E-state index in [2.05, 4.69) is 0 Å². The summed E-state index contributed by atoms with van der Waals surface area (Å²) < 4.78 is 7.11. The Balaban J connectivity index is 2.98. The van der Waals surface area contributed by atoms with Crippen molar-refractivity contribution in [1.29, 1.82) is 4.78 Å². The maximum absolute atomic E-state index is 7.11. The molecule has 0 fully saturated rings. The standard InChI is InChI=1S/C6H6ClNS/c7-9(8)6-4-2-1-3-5-6/h1-5,8H. The van der Waals surface area contributed by atoms with Gasteiger partial charge in [-0.2, -0.15) is 0 Å². The number of rotatable bonds is 1. The van der Waals surface area contributed by atoms with Crippen LogP contribution >= 0.6 is 10.7 Å². The largest absolute Gasteiger partial charge is 0.261 e. The van der Waals surface area contributed by atoms with Crippen molar-refractivity contribution in [2.75, 3.05) is 0 Å². The molecule has 1 aromatic carbocycles. The average molecular weight is 160 g/mol. The van der Waals surface area contributed by atoms with Gasteiger partial charge in [0, 0.05) is 14.8 Å². The molecule has 1 aromatic rings. The Bertz CT molecular complexity index is 210. The first-order valence-corrected chi connectivity index (χ1v) is 4.52. The fourth-order valence-corrected chi connectivity index (χ4v) is 1.24. The second-order valence-corrected chi connectivity index (χ2v) is 3.48. The van der Waals surface area contributed by atoms with Crippen molar-refractivity contribution in [3.8, 4) is 0 Å². The van der Waals surface area contributed by atoms with E-state index in [9.17, 15) is 0 Å². The molecule has 0 aliphatic heterocycles. The highest BCUT2D eigenvalue weighted by molar-refractivity contribution is 8.09. The zero-order valence-corrected chi connectivity index (χ0v) is 6.25. The molecule has 9 heavy (non-hydrogen) atoms. The van der Waals surface area contributed by atoms with Crippen LogP contribution < -0.4 is 0 Å². The fraction of sp³-hybridized carbons (Fsp3) is 0. The van der Waals surface area contributed by atoms with Crippen LogP contribution in [0.2, 0.25) is 0 Å². The number of hydrogen-bond donors (Lipinski definition) is 1. The Kier molecular flexibility index (Phi) is 2.25. The van der Waals surface area contributed by atoms with Crippen LogP contribution in [0.1, 0.15) is 0 Å². The molecule has 0 bridgehead atoms. The van der Waals surface area contributed by atoms with Gasteiger partial charge in [-0.3, -0.25) is 4.78 Å². The van der Waals surface area contributed by atoms with Crippen molar-refractivity contribution in [1.82, 2.24) is 0 Å². The van der Waals surface area contributed by atoms with Crippen molar-refractivity contribution in [2.24, 2.45) is 0 Å². The number of benzene rings is 1. The third-order valence-corrected chi connectivity index (χ3v) is 2.17. The summed E-state index contributed by atoms with van der Waals surface area (Å²) >= 11 is 0. The van der Waals surface area contributed by atoms with Gasteiger partial charge in [0.25, 0.3) is 0 Å². The molecule has 3 heteroatoms. The van der Waals surface area contributed by atoms with Crippen LogP contribution in [-0.4, -0.2) is 0 Å². The molecule has 0 radical (unpaired) electrons. The molecule has 0 saturated heterocycles. The quantitative estimate of drug-likeness (QED) is 0.652. The first-order chi connectivity index (χ1) is 4.30. The summed E-state index contributed by atoms with van der Waals surface area (Å²) in [5.74, 6) is 0. The van der Waals surface area contributed by atoms with Crippen molar-refractivity contribution in [2.45, 2.75) is 4.90 Å². The predicted octanol–water partition coefficient (Wildman–Crippen LogP) is 2.58.